The van der Waals surface area contributed by atoms with Gasteiger partial charge in [0.15, 0.2) is 5.69 Å². The zero-order valence-electron chi connectivity index (χ0n) is 29.5. The van der Waals surface area contributed by atoms with E-state index >= 15 is 0 Å². The number of hydrogen-bond acceptors (Lipinski definition) is 1. The van der Waals surface area contributed by atoms with E-state index in [-0.39, 0.29) is 0 Å². The van der Waals surface area contributed by atoms with Gasteiger partial charge in [-0.2, -0.15) is 5.26 Å². The topological polar surface area (TPSA) is 42.9 Å². The van der Waals surface area contributed by atoms with Crippen molar-refractivity contribution in [3.8, 4) is 34.3 Å². The molecular weight excluding hydrogens is 671 g/mol. The Morgan fingerprint density at radius 3 is 1.53 bits per heavy atom. The fraction of sp³-hybridized carbons (Fsp3) is 0. The lowest BCUT2D eigenvalue weighted by Gasteiger charge is -2.13. The van der Waals surface area contributed by atoms with Crippen molar-refractivity contribution < 1.29 is 0 Å². The maximum absolute atomic E-state index is 10.5. The number of fused-ring (bicyclic) bond motifs is 9. The number of hydrogen-bond donors (Lipinski definition) is 0. The molecule has 3 heterocycles. The van der Waals surface area contributed by atoms with Crippen LogP contribution in [0.1, 0.15) is 5.56 Å². The lowest BCUT2D eigenvalue weighted by molar-refractivity contribution is 1.16. The second kappa shape index (κ2) is 11.8. The molecule has 8 aromatic carbocycles. The van der Waals surface area contributed by atoms with Crippen LogP contribution >= 0.6 is 0 Å². The van der Waals surface area contributed by atoms with Gasteiger partial charge in [0.25, 0.3) is 0 Å². The van der Waals surface area contributed by atoms with Crippen LogP contribution in [0.2, 0.25) is 0 Å². The second-order valence-corrected chi connectivity index (χ2v) is 13.9. The molecule has 0 radical (unpaired) electrons. The van der Waals surface area contributed by atoms with Crippen LogP contribution in [-0.2, 0) is 0 Å². The van der Waals surface area contributed by atoms with Gasteiger partial charge >= 0.3 is 0 Å². The van der Waals surface area contributed by atoms with Gasteiger partial charge in [-0.15, -0.1) is 0 Å². The molecule has 5 heteroatoms. The Morgan fingerprint density at radius 1 is 0.418 bits per heavy atom. The fourth-order valence-electron chi connectivity index (χ4n) is 8.76. The summed E-state index contributed by atoms with van der Waals surface area (Å²) in [5, 5.41) is 17.3. The molecule has 0 aliphatic carbocycles. The van der Waals surface area contributed by atoms with E-state index in [9.17, 15) is 5.26 Å². The first kappa shape index (κ1) is 30.7. The van der Waals surface area contributed by atoms with Crippen LogP contribution < -0.4 is 0 Å². The van der Waals surface area contributed by atoms with E-state index in [1.165, 1.54) is 32.6 Å². The number of nitrogens with zero attached hydrogens (tertiary/aromatic N) is 5. The predicted octanol–water partition coefficient (Wildman–Crippen LogP) is 13.1. The molecule has 0 saturated heterocycles. The molecule has 5 nitrogen and oxygen atoms in total. The van der Waals surface area contributed by atoms with Gasteiger partial charge in [0, 0.05) is 49.5 Å². The first-order valence-electron chi connectivity index (χ1n) is 18.3. The standard InChI is InChI=1S/C50H29N5/c1-52-43-15-10-20-49-50(43)41-14-5-9-19-47(41)55(49)35-25-27-37(33(29-35)31-51)32-21-23-34(24-22-32)53-46-18-8-4-13-40(46)42-30-36(26-28-48(42)53)54-44-16-6-2-11-38(44)39-12-3-7-17-45(39)54/h2-30H. The summed E-state index contributed by atoms with van der Waals surface area (Å²) in [5.41, 5.74) is 12.7. The molecule has 0 spiro atoms. The third kappa shape index (κ3) is 4.45. The van der Waals surface area contributed by atoms with Gasteiger partial charge in [-0.05, 0) is 89.3 Å². The van der Waals surface area contributed by atoms with E-state index in [1.54, 1.807) is 0 Å². The van der Waals surface area contributed by atoms with Crippen molar-refractivity contribution in [3.63, 3.8) is 0 Å². The number of aromatic nitrogens is 3. The van der Waals surface area contributed by atoms with Gasteiger partial charge in [-0.25, -0.2) is 4.85 Å². The highest BCUT2D eigenvalue weighted by molar-refractivity contribution is 6.15. The van der Waals surface area contributed by atoms with E-state index < -0.39 is 0 Å². The molecule has 254 valence electrons. The lowest BCUT2D eigenvalue weighted by atomic mass is 9.99. The van der Waals surface area contributed by atoms with Gasteiger partial charge in [-0.1, -0.05) is 103 Å². The number of nitriles is 1. The molecule has 11 aromatic rings. The summed E-state index contributed by atoms with van der Waals surface area (Å²) in [5.74, 6) is 0. The zero-order valence-corrected chi connectivity index (χ0v) is 29.5. The summed E-state index contributed by atoms with van der Waals surface area (Å²) < 4.78 is 6.86. The lowest BCUT2D eigenvalue weighted by Crippen LogP contribution is -1.97. The zero-order chi connectivity index (χ0) is 36.6. The third-order valence-corrected chi connectivity index (χ3v) is 11.1. The van der Waals surface area contributed by atoms with Crippen molar-refractivity contribution >= 4 is 71.1 Å². The van der Waals surface area contributed by atoms with E-state index in [2.05, 4.69) is 158 Å². The molecule has 0 N–H and O–H groups in total. The maximum atomic E-state index is 10.5. The van der Waals surface area contributed by atoms with Crippen LogP contribution in [0.25, 0.3) is 98.5 Å². The highest BCUT2D eigenvalue weighted by atomic mass is 15.0. The van der Waals surface area contributed by atoms with Crippen molar-refractivity contribution in [1.82, 2.24) is 13.7 Å². The highest BCUT2D eigenvalue weighted by Crippen LogP contribution is 2.40. The average molecular weight is 700 g/mol. The Bertz CT molecular complexity index is 3400. The number of para-hydroxylation sites is 4. The maximum Gasteiger partial charge on any atom is 0.197 e. The molecule has 0 aliphatic rings. The number of benzene rings is 8. The summed E-state index contributed by atoms with van der Waals surface area (Å²) in [6, 6.07) is 63.7. The van der Waals surface area contributed by atoms with Gasteiger partial charge in [0.2, 0.25) is 0 Å². The summed E-state index contributed by atoms with van der Waals surface area (Å²) in [6.07, 6.45) is 0. The Labute approximate surface area is 316 Å². The van der Waals surface area contributed by atoms with Crippen molar-refractivity contribution in [3.05, 3.63) is 193 Å². The molecule has 0 unspecified atom stereocenters. The fourth-order valence-corrected chi connectivity index (χ4v) is 8.76. The predicted molar refractivity (Wildman–Crippen MR) is 226 cm³/mol. The Hall–Kier alpha value is -7.86. The quantitative estimate of drug-likeness (QED) is 0.169. The summed E-state index contributed by atoms with van der Waals surface area (Å²) in [4.78, 5) is 3.82. The van der Waals surface area contributed by atoms with E-state index in [0.717, 1.165) is 61.0 Å². The van der Waals surface area contributed by atoms with E-state index in [4.69, 9.17) is 6.57 Å². The molecule has 0 saturated carbocycles. The van der Waals surface area contributed by atoms with Gasteiger partial charge in [0.05, 0.1) is 45.8 Å². The molecule has 11 rings (SSSR count). The Morgan fingerprint density at radius 2 is 0.891 bits per heavy atom. The Balaban J connectivity index is 1.02. The largest absolute Gasteiger partial charge is 0.311 e. The van der Waals surface area contributed by atoms with Crippen molar-refractivity contribution in [1.29, 1.82) is 5.26 Å². The minimum absolute atomic E-state index is 0.590. The third-order valence-electron chi connectivity index (χ3n) is 11.1. The van der Waals surface area contributed by atoms with Gasteiger partial charge < -0.3 is 13.7 Å². The minimum Gasteiger partial charge on any atom is -0.311 e. The van der Waals surface area contributed by atoms with E-state index in [1.807, 2.05) is 42.5 Å². The van der Waals surface area contributed by atoms with Crippen molar-refractivity contribution in [2.75, 3.05) is 0 Å². The second-order valence-electron chi connectivity index (χ2n) is 13.9. The minimum atomic E-state index is 0.590. The van der Waals surface area contributed by atoms with E-state index in [0.29, 0.717) is 11.3 Å². The average Bonchev–Trinajstić information content (AvgIpc) is 3.89. The monoisotopic (exact) mass is 699 g/mol. The smallest absolute Gasteiger partial charge is 0.197 e. The summed E-state index contributed by atoms with van der Waals surface area (Å²) in [6.45, 7) is 7.80. The van der Waals surface area contributed by atoms with Crippen LogP contribution in [0.15, 0.2) is 176 Å². The van der Waals surface area contributed by atoms with Gasteiger partial charge in [0.1, 0.15) is 0 Å². The van der Waals surface area contributed by atoms with Gasteiger partial charge in [-0.3, -0.25) is 0 Å². The molecule has 55 heavy (non-hydrogen) atoms. The van der Waals surface area contributed by atoms with Crippen LogP contribution in [0.5, 0.6) is 0 Å². The molecular formula is C50H29N5. The van der Waals surface area contributed by atoms with Crippen LogP contribution in [-0.4, -0.2) is 13.7 Å². The first-order valence-corrected chi connectivity index (χ1v) is 18.3. The molecule has 0 atom stereocenters. The SMILES string of the molecule is [C-]#[N+]c1cccc2c1c1ccccc1n2-c1ccc(-c2ccc(-n3c4ccccc4c4cc(-n5c6ccccc6c6ccccc65)ccc43)cc2)c(C#N)c1. The summed E-state index contributed by atoms with van der Waals surface area (Å²) in [7, 11) is 0. The summed E-state index contributed by atoms with van der Waals surface area (Å²) >= 11 is 0. The molecule has 0 bridgehead atoms. The Kier molecular flexibility index (Phi) is 6.61. The normalized spacial score (nSPS) is 11.6. The van der Waals surface area contributed by atoms with Crippen LogP contribution in [0.3, 0.4) is 0 Å². The molecule has 0 amide bonds. The number of rotatable bonds is 4. The van der Waals surface area contributed by atoms with Crippen molar-refractivity contribution in [2.24, 2.45) is 0 Å². The highest BCUT2D eigenvalue weighted by Gasteiger charge is 2.18. The molecule has 3 aromatic heterocycles. The van der Waals surface area contributed by atoms with Crippen LogP contribution in [0, 0.1) is 17.9 Å². The van der Waals surface area contributed by atoms with Crippen molar-refractivity contribution in [2.45, 2.75) is 0 Å². The first-order chi connectivity index (χ1) is 27.2. The molecule has 0 aliphatic heterocycles. The van der Waals surface area contributed by atoms with Crippen LogP contribution in [0.4, 0.5) is 5.69 Å². The molecule has 0 fully saturated rings.